The number of hydrogen-bond acceptors (Lipinski definition) is 4. The number of rotatable bonds is 2. The van der Waals surface area contributed by atoms with Gasteiger partial charge >= 0.3 is 0 Å². The fourth-order valence-corrected chi connectivity index (χ4v) is 3.20. The summed E-state index contributed by atoms with van der Waals surface area (Å²) in [5, 5.41) is 0. The molecule has 0 spiro atoms. The predicted molar refractivity (Wildman–Crippen MR) is 82.5 cm³/mol. The maximum absolute atomic E-state index is 12.5. The van der Waals surface area contributed by atoms with Crippen molar-refractivity contribution in [2.45, 2.75) is 44.9 Å². The zero-order valence-corrected chi connectivity index (χ0v) is 12.6. The minimum absolute atomic E-state index is 0.0631. The van der Waals surface area contributed by atoms with E-state index >= 15 is 0 Å². The normalized spacial score (nSPS) is 20.2. The van der Waals surface area contributed by atoms with Crippen molar-refractivity contribution in [2.75, 3.05) is 31.1 Å². The molecule has 0 N–H and O–H groups in total. The van der Waals surface area contributed by atoms with Gasteiger partial charge in [-0.05, 0) is 32.1 Å². The van der Waals surface area contributed by atoms with Gasteiger partial charge in [-0.2, -0.15) is 0 Å². The second kappa shape index (κ2) is 6.87. The van der Waals surface area contributed by atoms with E-state index in [2.05, 4.69) is 14.9 Å². The monoisotopic (exact) mass is 288 g/mol. The molecule has 2 aliphatic rings. The van der Waals surface area contributed by atoms with Crippen molar-refractivity contribution in [2.24, 2.45) is 0 Å². The fourth-order valence-electron chi connectivity index (χ4n) is 3.20. The molecular weight excluding hydrogens is 264 g/mol. The van der Waals surface area contributed by atoms with Crippen LogP contribution in [0.3, 0.4) is 0 Å². The van der Waals surface area contributed by atoms with Crippen molar-refractivity contribution in [3.05, 3.63) is 18.1 Å². The Morgan fingerprint density at radius 3 is 2.19 bits per heavy atom. The van der Waals surface area contributed by atoms with Crippen LogP contribution in [0.15, 0.2) is 12.4 Å². The minimum atomic E-state index is 0.0631. The highest BCUT2D eigenvalue weighted by molar-refractivity contribution is 5.93. The summed E-state index contributed by atoms with van der Waals surface area (Å²) in [6, 6.07) is 1.88. The van der Waals surface area contributed by atoms with Gasteiger partial charge in [0.15, 0.2) is 0 Å². The maximum atomic E-state index is 12.5. The number of nitrogens with zero attached hydrogens (tertiary/aromatic N) is 4. The third-order valence-corrected chi connectivity index (χ3v) is 4.45. The molecular formula is C16H24N4O. The van der Waals surface area contributed by atoms with Crippen LogP contribution in [-0.2, 0) is 0 Å². The van der Waals surface area contributed by atoms with Crippen molar-refractivity contribution in [1.82, 2.24) is 14.9 Å². The van der Waals surface area contributed by atoms with Crippen LogP contribution in [0.25, 0.3) is 0 Å². The van der Waals surface area contributed by atoms with E-state index in [9.17, 15) is 4.79 Å². The standard InChI is InChI=1S/C16H24N4O/c21-16(20-10-6-3-7-11-20)14-12-15(18-13-17-14)19-8-4-1-2-5-9-19/h12-13H,1-11H2. The molecule has 3 rings (SSSR count). The van der Waals surface area contributed by atoms with Gasteiger partial charge in [-0.15, -0.1) is 0 Å². The number of amides is 1. The summed E-state index contributed by atoms with van der Waals surface area (Å²) in [6.07, 6.45) is 9.98. The molecule has 0 atom stereocenters. The Balaban J connectivity index is 1.74. The molecule has 21 heavy (non-hydrogen) atoms. The molecule has 0 saturated carbocycles. The lowest BCUT2D eigenvalue weighted by Gasteiger charge is -2.27. The largest absolute Gasteiger partial charge is 0.357 e. The van der Waals surface area contributed by atoms with Gasteiger partial charge in [-0.25, -0.2) is 9.97 Å². The molecule has 5 heteroatoms. The van der Waals surface area contributed by atoms with Crippen LogP contribution in [0, 0.1) is 0 Å². The van der Waals surface area contributed by atoms with Gasteiger partial charge in [0.2, 0.25) is 0 Å². The second-order valence-electron chi connectivity index (χ2n) is 6.02. The van der Waals surface area contributed by atoms with E-state index in [4.69, 9.17) is 0 Å². The second-order valence-corrected chi connectivity index (χ2v) is 6.02. The summed E-state index contributed by atoms with van der Waals surface area (Å²) in [5.41, 5.74) is 0.547. The van der Waals surface area contributed by atoms with Crippen LogP contribution in [-0.4, -0.2) is 47.0 Å². The van der Waals surface area contributed by atoms with Gasteiger partial charge in [-0.1, -0.05) is 12.8 Å². The molecule has 1 aromatic heterocycles. The summed E-state index contributed by atoms with van der Waals surface area (Å²) in [4.78, 5) is 25.3. The van der Waals surface area contributed by atoms with Crippen molar-refractivity contribution in [1.29, 1.82) is 0 Å². The van der Waals surface area contributed by atoms with Gasteiger partial charge in [-0.3, -0.25) is 4.79 Å². The van der Waals surface area contributed by atoms with Crippen LogP contribution in [0.5, 0.6) is 0 Å². The zero-order valence-electron chi connectivity index (χ0n) is 12.6. The predicted octanol–water partition coefficient (Wildman–Crippen LogP) is 2.48. The van der Waals surface area contributed by atoms with E-state index in [-0.39, 0.29) is 5.91 Å². The molecule has 1 amide bonds. The molecule has 2 fully saturated rings. The van der Waals surface area contributed by atoms with Gasteiger partial charge in [0, 0.05) is 32.2 Å². The fraction of sp³-hybridized carbons (Fsp3) is 0.688. The summed E-state index contributed by atoms with van der Waals surface area (Å²) >= 11 is 0. The first-order valence-corrected chi connectivity index (χ1v) is 8.21. The zero-order chi connectivity index (χ0) is 14.5. The highest BCUT2D eigenvalue weighted by atomic mass is 16.2. The van der Waals surface area contributed by atoms with Gasteiger partial charge in [0.05, 0.1) is 0 Å². The third kappa shape index (κ3) is 3.52. The Bertz CT molecular complexity index is 477. The lowest BCUT2D eigenvalue weighted by atomic mass is 10.1. The summed E-state index contributed by atoms with van der Waals surface area (Å²) in [7, 11) is 0. The molecule has 0 radical (unpaired) electrons. The van der Waals surface area contributed by atoms with Gasteiger partial charge < -0.3 is 9.80 Å². The van der Waals surface area contributed by atoms with Crippen LogP contribution in [0.4, 0.5) is 5.82 Å². The summed E-state index contributed by atoms with van der Waals surface area (Å²) in [5.74, 6) is 0.973. The number of likely N-dealkylation sites (tertiary alicyclic amines) is 1. The first-order chi connectivity index (χ1) is 10.3. The van der Waals surface area contributed by atoms with E-state index in [1.54, 1.807) is 0 Å². The molecule has 2 saturated heterocycles. The third-order valence-electron chi connectivity index (χ3n) is 4.45. The van der Waals surface area contributed by atoms with Crippen molar-refractivity contribution in [3.8, 4) is 0 Å². The number of carbonyl (C=O) groups excluding carboxylic acids is 1. The lowest BCUT2D eigenvalue weighted by molar-refractivity contribution is 0.0718. The number of aromatic nitrogens is 2. The molecule has 0 aromatic carbocycles. The molecule has 0 unspecified atom stereocenters. The average molecular weight is 288 g/mol. The van der Waals surface area contributed by atoms with Gasteiger partial charge in [0.25, 0.3) is 5.91 Å². The topological polar surface area (TPSA) is 49.3 Å². The molecule has 3 heterocycles. The first kappa shape index (κ1) is 14.3. The lowest BCUT2D eigenvalue weighted by Crippen LogP contribution is -2.36. The number of anilines is 1. The number of piperidine rings is 1. The molecule has 0 aliphatic carbocycles. The first-order valence-electron chi connectivity index (χ1n) is 8.21. The Labute approximate surface area is 126 Å². The molecule has 2 aliphatic heterocycles. The van der Waals surface area contributed by atoms with Crippen LogP contribution < -0.4 is 4.90 Å². The Morgan fingerprint density at radius 2 is 1.48 bits per heavy atom. The van der Waals surface area contributed by atoms with Crippen molar-refractivity contribution < 1.29 is 4.79 Å². The molecule has 0 bridgehead atoms. The van der Waals surface area contributed by atoms with E-state index in [1.165, 1.54) is 38.4 Å². The molecule has 114 valence electrons. The Morgan fingerprint density at radius 1 is 0.857 bits per heavy atom. The van der Waals surface area contributed by atoms with E-state index in [0.717, 1.165) is 44.8 Å². The van der Waals surface area contributed by atoms with Gasteiger partial charge in [0.1, 0.15) is 17.8 Å². The van der Waals surface area contributed by atoms with E-state index in [1.807, 2.05) is 11.0 Å². The van der Waals surface area contributed by atoms with E-state index in [0.29, 0.717) is 5.69 Å². The minimum Gasteiger partial charge on any atom is -0.357 e. The van der Waals surface area contributed by atoms with Crippen LogP contribution >= 0.6 is 0 Å². The molecule has 1 aromatic rings. The van der Waals surface area contributed by atoms with Crippen molar-refractivity contribution in [3.63, 3.8) is 0 Å². The van der Waals surface area contributed by atoms with E-state index < -0.39 is 0 Å². The highest BCUT2D eigenvalue weighted by Gasteiger charge is 2.21. The summed E-state index contributed by atoms with van der Waals surface area (Å²) < 4.78 is 0. The Hall–Kier alpha value is -1.65. The maximum Gasteiger partial charge on any atom is 0.272 e. The molecule has 5 nitrogen and oxygen atoms in total. The van der Waals surface area contributed by atoms with Crippen LogP contribution in [0.1, 0.15) is 55.4 Å². The highest BCUT2D eigenvalue weighted by Crippen LogP contribution is 2.19. The number of carbonyl (C=O) groups is 1. The Kier molecular flexibility index (Phi) is 4.68. The number of hydrogen-bond donors (Lipinski definition) is 0. The average Bonchev–Trinajstić information content (AvgIpc) is 2.84. The van der Waals surface area contributed by atoms with Crippen molar-refractivity contribution >= 4 is 11.7 Å². The quantitative estimate of drug-likeness (QED) is 0.839. The van der Waals surface area contributed by atoms with Crippen LogP contribution in [0.2, 0.25) is 0 Å². The summed E-state index contributed by atoms with van der Waals surface area (Å²) in [6.45, 7) is 3.80. The SMILES string of the molecule is O=C(c1cc(N2CCCCCC2)ncn1)N1CCCCC1. The smallest absolute Gasteiger partial charge is 0.272 e.